The fraction of sp³-hybridized carbons (Fsp3) is 0.405. The summed E-state index contributed by atoms with van der Waals surface area (Å²) in [5.41, 5.74) is 1.58. The Kier molecular flexibility index (Phi) is 8.21. The lowest BCUT2D eigenvalue weighted by Gasteiger charge is -2.29. The van der Waals surface area contributed by atoms with Crippen LogP contribution in [0.25, 0.3) is 44.1 Å². The van der Waals surface area contributed by atoms with Crippen molar-refractivity contribution in [3.05, 3.63) is 57.9 Å². The fourth-order valence-electron chi connectivity index (χ4n) is 7.59. The zero-order valence-corrected chi connectivity index (χ0v) is 29.6. The number of aromatic nitrogens is 4. The molecule has 0 radical (unpaired) electrons. The Morgan fingerprint density at radius 2 is 1.92 bits per heavy atom. The number of aryl methyl sites for hydroxylation is 1. The minimum atomic E-state index is -0.799. The molecule has 14 heteroatoms. The van der Waals surface area contributed by atoms with Gasteiger partial charge in [0, 0.05) is 80.9 Å². The van der Waals surface area contributed by atoms with Crippen molar-refractivity contribution < 1.29 is 23.5 Å². The number of fused-ring (bicyclic) bond motifs is 5. The van der Waals surface area contributed by atoms with E-state index >= 15 is 4.39 Å². The molecule has 7 rings (SSSR count). The molecular weight excluding hydrogens is 655 g/mol. The molecule has 0 unspecified atom stereocenters. The van der Waals surface area contributed by atoms with Gasteiger partial charge in [0.05, 0.1) is 39.8 Å². The number of carbonyl (C=O) groups excluding carboxylic acids is 2. The van der Waals surface area contributed by atoms with E-state index < -0.39 is 28.9 Å². The second kappa shape index (κ2) is 12.3. The van der Waals surface area contributed by atoms with Crippen LogP contribution in [0.4, 0.5) is 20.6 Å². The van der Waals surface area contributed by atoms with Gasteiger partial charge in [0.1, 0.15) is 34.3 Å². The average molecular weight is 695 g/mol. The number of ether oxygens (including phenoxy) is 2. The fourth-order valence-corrected chi connectivity index (χ4v) is 7.59. The number of benzene rings is 1. The third-order valence-corrected chi connectivity index (χ3v) is 9.78. The lowest BCUT2D eigenvalue weighted by Crippen LogP contribution is -2.35. The molecule has 264 valence electrons. The minimum Gasteiger partial charge on any atom is -0.462 e. The number of hydrogen-bond donors (Lipinski definition) is 1. The molecule has 1 amide bonds. The van der Waals surface area contributed by atoms with Gasteiger partial charge >= 0.3 is 12.1 Å². The molecule has 0 saturated carbocycles. The summed E-state index contributed by atoms with van der Waals surface area (Å²) in [5.74, 6) is -1.14. The number of carbonyl (C=O) groups is 2. The van der Waals surface area contributed by atoms with Crippen molar-refractivity contribution in [1.82, 2.24) is 24.4 Å². The van der Waals surface area contributed by atoms with Gasteiger partial charge in [-0.3, -0.25) is 9.69 Å². The standard InChI is InChI=1S/C37H39FN8O5/c1-8-50-35(48)24-17-44(6)34-21(32(24)47)11-20(14-41-34)23-15-40-33-29(31(23)46-10-9-19-16-43(5)18-27(19)46)28-22(13-39)25(38)12-26(30(28)42-33)45(7)36(49)51-37(2,3)4/h11-12,14-15,17,19,27H,8-10,16,18H2,1-7H3,(H,40,42)/t19-,27+/m0/s1. The molecule has 2 fully saturated rings. The van der Waals surface area contributed by atoms with Crippen LogP contribution in [0.2, 0.25) is 0 Å². The van der Waals surface area contributed by atoms with Crippen LogP contribution in [0.3, 0.4) is 0 Å². The van der Waals surface area contributed by atoms with E-state index in [-0.39, 0.29) is 40.2 Å². The van der Waals surface area contributed by atoms with Crippen molar-refractivity contribution in [2.75, 3.05) is 50.1 Å². The zero-order chi connectivity index (χ0) is 36.5. The van der Waals surface area contributed by atoms with Crippen LogP contribution in [-0.4, -0.2) is 88.5 Å². The van der Waals surface area contributed by atoms with Gasteiger partial charge in [0.25, 0.3) is 0 Å². The number of anilines is 2. The number of aromatic amines is 1. The van der Waals surface area contributed by atoms with E-state index in [1.54, 1.807) is 57.8 Å². The summed E-state index contributed by atoms with van der Waals surface area (Å²) in [6, 6.07) is 5.02. The van der Waals surface area contributed by atoms with Gasteiger partial charge < -0.3 is 28.8 Å². The number of pyridine rings is 3. The van der Waals surface area contributed by atoms with E-state index in [4.69, 9.17) is 14.5 Å². The summed E-state index contributed by atoms with van der Waals surface area (Å²) < 4.78 is 28.4. The van der Waals surface area contributed by atoms with Gasteiger partial charge in [-0.1, -0.05) is 0 Å². The number of nitrogens with zero attached hydrogens (tertiary/aromatic N) is 7. The van der Waals surface area contributed by atoms with Crippen molar-refractivity contribution in [1.29, 1.82) is 5.26 Å². The van der Waals surface area contributed by atoms with Gasteiger partial charge in [-0.2, -0.15) is 5.26 Å². The number of nitrogens with one attached hydrogen (secondary N) is 1. The smallest absolute Gasteiger partial charge is 0.414 e. The van der Waals surface area contributed by atoms with Crippen molar-refractivity contribution in [3.63, 3.8) is 0 Å². The van der Waals surface area contributed by atoms with Crippen LogP contribution in [0.15, 0.2) is 35.5 Å². The summed E-state index contributed by atoms with van der Waals surface area (Å²) in [5, 5.41) is 11.4. The van der Waals surface area contributed by atoms with Crippen molar-refractivity contribution in [3.8, 4) is 17.2 Å². The Morgan fingerprint density at radius 1 is 1.16 bits per heavy atom. The molecule has 2 aliphatic rings. The van der Waals surface area contributed by atoms with Crippen LogP contribution in [0.5, 0.6) is 0 Å². The summed E-state index contributed by atoms with van der Waals surface area (Å²) in [4.78, 5) is 58.2. The summed E-state index contributed by atoms with van der Waals surface area (Å²) in [7, 11) is 5.27. The molecule has 2 atom stereocenters. The van der Waals surface area contributed by atoms with Crippen LogP contribution in [0.1, 0.15) is 50.0 Å². The van der Waals surface area contributed by atoms with Crippen molar-refractivity contribution >= 4 is 56.4 Å². The van der Waals surface area contributed by atoms with Gasteiger partial charge in [-0.15, -0.1) is 0 Å². The van der Waals surface area contributed by atoms with Crippen LogP contribution >= 0.6 is 0 Å². The van der Waals surface area contributed by atoms with E-state index in [0.717, 1.165) is 25.6 Å². The highest BCUT2D eigenvalue weighted by Gasteiger charge is 2.42. The lowest BCUT2D eigenvalue weighted by atomic mass is 9.98. The molecule has 4 aromatic heterocycles. The quantitative estimate of drug-likeness (QED) is 0.239. The lowest BCUT2D eigenvalue weighted by molar-refractivity contribution is 0.0522. The molecule has 0 spiro atoms. The third kappa shape index (κ3) is 5.61. The number of likely N-dealkylation sites (N-methyl/N-ethyl adjacent to an activating group) is 1. The normalized spacial score (nSPS) is 17.7. The van der Waals surface area contributed by atoms with E-state index in [1.165, 1.54) is 18.1 Å². The van der Waals surface area contributed by atoms with Gasteiger partial charge in [-0.25, -0.2) is 23.9 Å². The second-order valence-electron chi connectivity index (χ2n) is 14.4. The molecule has 2 saturated heterocycles. The number of esters is 1. The molecule has 0 bridgehead atoms. The van der Waals surface area contributed by atoms with Crippen LogP contribution < -0.4 is 15.2 Å². The zero-order valence-electron chi connectivity index (χ0n) is 29.6. The number of rotatable bonds is 5. The van der Waals surface area contributed by atoms with E-state index in [1.807, 2.05) is 0 Å². The highest BCUT2D eigenvalue weighted by atomic mass is 19.1. The Bertz CT molecular complexity index is 2370. The highest BCUT2D eigenvalue weighted by Crippen LogP contribution is 2.47. The Labute approximate surface area is 293 Å². The van der Waals surface area contributed by atoms with E-state index in [0.29, 0.717) is 51.5 Å². The first kappa shape index (κ1) is 33.9. The van der Waals surface area contributed by atoms with Gasteiger partial charge in [-0.05, 0) is 53.1 Å². The highest BCUT2D eigenvalue weighted by molar-refractivity contribution is 6.21. The Morgan fingerprint density at radius 3 is 2.63 bits per heavy atom. The van der Waals surface area contributed by atoms with Gasteiger partial charge in [0.15, 0.2) is 0 Å². The predicted molar refractivity (Wildman–Crippen MR) is 192 cm³/mol. The topological polar surface area (TPSA) is 150 Å². The minimum absolute atomic E-state index is 0.108. The molecule has 51 heavy (non-hydrogen) atoms. The van der Waals surface area contributed by atoms with Crippen molar-refractivity contribution in [2.45, 2.75) is 45.8 Å². The maximum Gasteiger partial charge on any atom is 0.414 e. The molecule has 1 N–H and O–H groups in total. The first-order valence-corrected chi connectivity index (χ1v) is 16.9. The maximum atomic E-state index is 16.0. The largest absolute Gasteiger partial charge is 0.462 e. The average Bonchev–Trinajstić information content (AvgIpc) is 3.76. The summed E-state index contributed by atoms with van der Waals surface area (Å²) in [6.45, 7) is 9.43. The first-order chi connectivity index (χ1) is 24.2. The molecule has 1 aromatic carbocycles. The summed E-state index contributed by atoms with van der Waals surface area (Å²) in [6.07, 6.45) is 4.98. The molecule has 0 aliphatic carbocycles. The monoisotopic (exact) mass is 694 g/mol. The Balaban J connectivity index is 1.53. The number of amides is 1. The molecule has 6 heterocycles. The SMILES string of the molecule is CCOC(=O)c1cn(C)c2ncc(-c3cnc4[nH]c5c(N(C)C(=O)OC(C)(C)C)cc(F)c(C#N)c5c4c3N3CC[C@H]4CN(C)C[C@H]43)cc2c1=O. The van der Waals surface area contributed by atoms with E-state index in [9.17, 15) is 19.6 Å². The predicted octanol–water partition coefficient (Wildman–Crippen LogP) is 5.33. The third-order valence-electron chi connectivity index (χ3n) is 9.78. The number of hydrogen-bond acceptors (Lipinski definition) is 10. The molecule has 13 nitrogen and oxygen atoms in total. The number of nitriles is 1. The first-order valence-electron chi connectivity index (χ1n) is 16.9. The number of H-pyrrole nitrogens is 1. The molecule has 2 aliphatic heterocycles. The number of halogens is 1. The molecule has 5 aromatic rings. The Hall–Kier alpha value is -5.55. The maximum absolute atomic E-state index is 16.0. The number of likely N-dealkylation sites (tertiary alicyclic amines) is 1. The molecular formula is C37H39FN8O5. The second-order valence-corrected chi connectivity index (χ2v) is 14.4. The van der Waals surface area contributed by atoms with Crippen molar-refractivity contribution in [2.24, 2.45) is 13.0 Å². The van der Waals surface area contributed by atoms with E-state index in [2.05, 4.69) is 32.9 Å². The summed E-state index contributed by atoms with van der Waals surface area (Å²) >= 11 is 0. The van der Waals surface area contributed by atoms with Crippen LogP contribution in [0, 0.1) is 23.1 Å². The van der Waals surface area contributed by atoms with Crippen LogP contribution in [-0.2, 0) is 16.5 Å². The van der Waals surface area contributed by atoms with Gasteiger partial charge in [0.2, 0.25) is 5.43 Å².